The zero-order chi connectivity index (χ0) is 12.1. The van der Waals surface area contributed by atoms with Crippen LogP contribution >= 0.6 is 11.3 Å². The molecule has 0 radical (unpaired) electrons. The molecule has 1 fully saturated rings. The molecule has 5 nitrogen and oxygen atoms in total. The van der Waals surface area contributed by atoms with Gasteiger partial charge in [-0.25, -0.2) is 0 Å². The van der Waals surface area contributed by atoms with Gasteiger partial charge in [-0.2, -0.15) is 0 Å². The maximum absolute atomic E-state index is 5.38. The van der Waals surface area contributed by atoms with E-state index in [-0.39, 0.29) is 5.41 Å². The van der Waals surface area contributed by atoms with Crippen LogP contribution in [0.4, 0.5) is 5.13 Å². The molecule has 1 aromatic heterocycles. The molecule has 0 amide bonds. The first kappa shape index (κ1) is 12.7. The molecule has 0 spiro atoms. The van der Waals surface area contributed by atoms with Crippen molar-refractivity contribution in [3.8, 4) is 0 Å². The van der Waals surface area contributed by atoms with Crippen molar-refractivity contribution in [3.05, 3.63) is 5.01 Å². The van der Waals surface area contributed by atoms with Crippen molar-refractivity contribution in [2.45, 2.75) is 19.8 Å². The van der Waals surface area contributed by atoms with Crippen LogP contribution in [-0.2, 0) is 4.74 Å². The second-order valence-corrected chi connectivity index (χ2v) is 5.84. The summed E-state index contributed by atoms with van der Waals surface area (Å²) in [5.41, 5.74) is 0.236. The Morgan fingerprint density at radius 1 is 1.41 bits per heavy atom. The van der Waals surface area contributed by atoms with E-state index >= 15 is 0 Å². The van der Waals surface area contributed by atoms with E-state index in [1.807, 2.05) is 6.92 Å². The van der Waals surface area contributed by atoms with Gasteiger partial charge in [0.1, 0.15) is 5.01 Å². The number of nitrogens with one attached hydrogen (secondary N) is 2. The molecular formula is C11H20N4OS. The zero-order valence-corrected chi connectivity index (χ0v) is 11.3. The van der Waals surface area contributed by atoms with E-state index in [4.69, 9.17) is 4.74 Å². The van der Waals surface area contributed by atoms with Gasteiger partial charge >= 0.3 is 0 Å². The maximum Gasteiger partial charge on any atom is 0.205 e. The Kier molecular flexibility index (Phi) is 4.31. The summed E-state index contributed by atoms with van der Waals surface area (Å²) in [6.07, 6.45) is 2.29. The number of aryl methyl sites for hydroxylation is 1. The molecule has 0 aliphatic carbocycles. The predicted octanol–water partition coefficient (Wildman–Crippen LogP) is 1.27. The molecule has 0 atom stereocenters. The van der Waals surface area contributed by atoms with Gasteiger partial charge in [0.25, 0.3) is 0 Å². The highest BCUT2D eigenvalue weighted by molar-refractivity contribution is 7.15. The standard InChI is InChI=1S/C11H20N4OS/c1-9-14-15-10(17-9)13-7-11(8-16-2)3-5-12-6-4-11/h12H,3-8H2,1-2H3,(H,13,15). The second-order valence-electron chi connectivity index (χ2n) is 4.66. The number of hydrogen-bond donors (Lipinski definition) is 2. The summed E-state index contributed by atoms with van der Waals surface area (Å²) in [6.45, 7) is 5.83. The Balaban J connectivity index is 1.93. The molecule has 1 aliphatic heterocycles. The van der Waals surface area contributed by atoms with Gasteiger partial charge in [-0.3, -0.25) is 0 Å². The number of piperidine rings is 1. The summed E-state index contributed by atoms with van der Waals surface area (Å²) in [4.78, 5) is 0. The molecule has 1 aromatic rings. The van der Waals surface area contributed by atoms with Gasteiger partial charge in [0.05, 0.1) is 6.61 Å². The molecule has 0 bridgehead atoms. The third kappa shape index (κ3) is 3.37. The lowest BCUT2D eigenvalue weighted by molar-refractivity contribution is 0.0635. The molecule has 17 heavy (non-hydrogen) atoms. The van der Waals surface area contributed by atoms with Crippen molar-refractivity contribution in [1.82, 2.24) is 15.5 Å². The fourth-order valence-corrected chi connectivity index (χ4v) is 2.85. The van der Waals surface area contributed by atoms with E-state index in [0.717, 1.165) is 49.2 Å². The summed E-state index contributed by atoms with van der Waals surface area (Å²) in [7, 11) is 1.78. The number of anilines is 1. The van der Waals surface area contributed by atoms with E-state index in [9.17, 15) is 0 Å². The van der Waals surface area contributed by atoms with Crippen molar-refractivity contribution >= 4 is 16.5 Å². The maximum atomic E-state index is 5.38. The number of hydrogen-bond acceptors (Lipinski definition) is 6. The lowest BCUT2D eigenvalue weighted by atomic mass is 9.79. The quantitative estimate of drug-likeness (QED) is 0.831. The van der Waals surface area contributed by atoms with Crippen LogP contribution in [0.25, 0.3) is 0 Å². The Bertz CT molecular complexity index is 343. The summed E-state index contributed by atoms with van der Waals surface area (Å²) >= 11 is 1.60. The van der Waals surface area contributed by atoms with Crippen molar-refractivity contribution in [2.24, 2.45) is 5.41 Å². The number of nitrogens with zero attached hydrogens (tertiary/aromatic N) is 2. The van der Waals surface area contributed by atoms with Crippen LogP contribution in [0.1, 0.15) is 17.8 Å². The minimum Gasteiger partial charge on any atom is -0.384 e. The Labute approximate surface area is 106 Å². The first-order valence-corrected chi connectivity index (χ1v) is 6.79. The van der Waals surface area contributed by atoms with Crippen LogP contribution < -0.4 is 10.6 Å². The summed E-state index contributed by atoms with van der Waals surface area (Å²) < 4.78 is 5.38. The molecular weight excluding hydrogens is 236 g/mol. The van der Waals surface area contributed by atoms with Crippen LogP contribution in [0.5, 0.6) is 0 Å². The number of aromatic nitrogens is 2. The van der Waals surface area contributed by atoms with Gasteiger partial charge in [-0.1, -0.05) is 11.3 Å². The molecule has 0 saturated carbocycles. The molecule has 6 heteroatoms. The fourth-order valence-electron chi connectivity index (χ4n) is 2.27. The average molecular weight is 256 g/mol. The van der Waals surface area contributed by atoms with Gasteiger partial charge in [-0.15, -0.1) is 10.2 Å². The zero-order valence-electron chi connectivity index (χ0n) is 10.5. The molecule has 1 aliphatic rings. The highest BCUT2D eigenvalue weighted by Gasteiger charge is 2.32. The van der Waals surface area contributed by atoms with Crippen LogP contribution in [-0.4, -0.2) is 43.5 Å². The first-order valence-electron chi connectivity index (χ1n) is 5.98. The minimum absolute atomic E-state index is 0.236. The van der Waals surface area contributed by atoms with Crippen LogP contribution in [0.15, 0.2) is 0 Å². The number of ether oxygens (including phenoxy) is 1. The molecule has 0 unspecified atom stereocenters. The van der Waals surface area contributed by atoms with E-state index in [1.54, 1.807) is 18.4 Å². The molecule has 2 rings (SSSR count). The highest BCUT2D eigenvalue weighted by Crippen LogP contribution is 2.29. The molecule has 2 N–H and O–H groups in total. The summed E-state index contributed by atoms with van der Waals surface area (Å²) in [6, 6.07) is 0. The summed E-state index contributed by atoms with van der Waals surface area (Å²) in [5, 5.41) is 16.8. The Hall–Kier alpha value is -0.720. The lowest BCUT2D eigenvalue weighted by Gasteiger charge is -2.37. The van der Waals surface area contributed by atoms with E-state index in [0.29, 0.717) is 0 Å². The fraction of sp³-hybridized carbons (Fsp3) is 0.818. The van der Waals surface area contributed by atoms with Gasteiger partial charge in [0, 0.05) is 19.1 Å². The Morgan fingerprint density at radius 2 is 2.18 bits per heavy atom. The second kappa shape index (κ2) is 5.75. The van der Waals surface area contributed by atoms with Gasteiger partial charge in [-0.05, 0) is 32.9 Å². The molecule has 0 aromatic carbocycles. The predicted molar refractivity (Wildman–Crippen MR) is 69.5 cm³/mol. The monoisotopic (exact) mass is 256 g/mol. The van der Waals surface area contributed by atoms with E-state index < -0.39 is 0 Å². The molecule has 2 heterocycles. The Morgan fingerprint density at radius 3 is 2.76 bits per heavy atom. The van der Waals surface area contributed by atoms with Gasteiger partial charge in [0.15, 0.2) is 0 Å². The van der Waals surface area contributed by atoms with Crippen LogP contribution in [0.2, 0.25) is 0 Å². The van der Waals surface area contributed by atoms with Crippen molar-refractivity contribution in [1.29, 1.82) is 0 Å². The largest absolute Gasteiger partial charge is 0.384 e. The van der Waals surface area contributed by atoms with Crippen molar-refractivity contribution in [2.75, 3.05) is 38.7 Å². The van der Waals surface area contributed by atoms with E-state index in [2.05, 4.69) is 20.8 Å². The van der Waals surface area contributed by atoms with E-state index in [1.165, 1.54) is 0 Å². The SMILES string of the molecule is COCC1(CNc2nnc(C)s2)CCNCC1. The first-order chi connectivity index (χ1) is 8.24. The minimum atomic E-state index is 0.236. The number of methoxy groups -OCH3 is 1. The van der Waals surface area contributed by atoms with Crippen molar-refractivity contribution < 1.29 is 4.74 Å². The lowest BCUT2D eigenvalue weighted by Crippen LogP contribution is -2.44. The topological polar surface area (TPSA) is 59.1 Å². The summed E-state index contributed by atoms with van der Waals surface area (Å²) in [5.74, 6) is 0. The smallest absolute Gasteiger partial charge is 0.205 e. The van der Waals surface area contributed by atoms with Crippen LogP contribution in [0, 0.1) is 12.3 Å². The van der Waals surface area contributed by atoms with Gasteiger partial charge < -0.3 is 15.4 Å². The molecule has 1 saturated heterocycles. The molecule has 96 valence electrons. The van der Waals surface area contributed by atoms with Crippen LogP contribution in [0.3, 0.4) is 0 Å². The normalized spacial score (nSPS) is 19.2. The van der Waals surface area contributed by atoms with Gasteiger partial charge in [0.2, 0.25) is 5.13 Å². The third-order valence-electron chi connectivity index (χ3n) is 3.26. The van der Waals surface area contributed by atoms with Crippen molar-refractivity contribution in [3.63, 3.8) is 0 Å². The average Bonchev–Trinajstić information content (AvgIpc) is 2.75. The number of rotatable bonds is 5. The third-order valence-corrected chi connectivity index (χ3v) is 4.05. The highest BCUT2D eigenvalue weighted by atomic mass is 32.1.